The Morgan fingerprint density at radius 1 is 1.09 bits per heavy atom. The van der Waals surface area contributed by atoms with Crippen molar-refractivity contribution in [3.63, 3.8) is 0 Å². The van der Waals surface area contributed by atoms with Crippen molar-refractivity contribution < 1.29 is 19.2 Å². The number of hydrogen-bond donors (Lipinski definition) is 1. The number of carbonyl (C=O) groups excluding carboxylic acids is 2. The number of hydrogen-bond acceptors (Lipinski definition) is 6. The summed E-state index contributed by atoms with van der Waals surface area (Å²) >= 11 is 1.30. The Morgan fingerprint density at radius 2 is 1.76 bits per heavy atom. The standard InChI is InChI=1S/C25H21N3O5S/c1-33-21-13-9-19(10-14-21)25-27(26-23(29)16-17-5-3-2-4-6-17)24(30)22(34-25)15-18-7-11-20(12-8-18)28(31)32/h2-15,25H,16H2,1H3,(H,26,29)/b22-15-/t25-/m1/s1. The summed E-state index contributed by atoms with van der Waals surface area (Å²) in [6.07, 6.45) is 1.79. The molecule has 9 heteroatoms. The second-order valence-electron chi connectivity index (χ2n) is 7.47. The van der Waals surface area contributed by atoms with E-state index in [9.17, 15) is 19.7 Å². The molecule has 1 saturated heterocycles. The molecule has 172 valence electrons. The molecule has 0 radical (unpaired) electrons. The largest absolute Gasteiger partial charge is 0.497 e. The molecule has 3 aromatic carbocycles. The highest BCUT2D eigenvalue weighted by Gasteiger charge is 2.38. The van der Waals surface area contributed by atoms with E-state index < -0.39 is 10.3 Å². The molecule has 1 aliphatic rings. The maximum atomic E-state index is 13.3. The number of hydrazine groups is 1. The highest BCUT2D eigenvalue weighted by atomic mass is 32.2. The van der Waals surface area contributed by atoms with E-state index in [0.717, 1.165) is 11.1 Å². The van der Waals surface area contributed by atoms with Gasteiger partial charge in [-0.25, -0.2) is 5.01 Å². The van der Waals surface area contributed by atoms with Crippen LogP contribution in [0.5, 0.6) is 5.75 Å². The lowest BCUT2D eigenvalue weighted by atomic mass is 10.1. The SMILES string of the molecule is COc1ccc([C@H]2S/C(=C\c3ccc([N+](=O)[O-])cc3)C(=O)N2NC(=O)Cc2ccccc2)cc1. The van der Waals surface area contributed by atoms with E-state index in [1.165, 1.54) is 28.9 Å². The number of nitrogens with zero attached hydrogens (tertiary/aromatic N) is 2. The van der Waals surface area contributed by atoms with Gasteiger partial charge in [-0.3, -0.25) is 25.1 Å². The minimum Gasteiger partial charge on any atom is -0.497 e. The molecule has 0 aromatic heterocycles. The normalized spacial score (nSPS) is 16.5. The molecule has 1 heterocycles. The fourth-order valence-corrected chi connectivity index (χ4v) is 4.63. The van der Waals surface area contributed by atoms with Gasteiger partial charge in [0.2, 0.25) is 5.91 Å². The van der Waals surface area contributed by atoms with Crippen LogP contribution < -0.4 is 10.2 Å². The zero-order valence-corrected chi connectivity index (χ0v) is 19.0. The van der Waals surface area contributed by atoms with Gasteiger partial charge in [-0.15, -0.1) is 0 Å². The second kappa shape index (κ2) is 10.2. The molecular weight excluding hydrogens is 454 g/mol. The van der Waals surface area contributed by atoms with Gasteiger partial charge in [0, 0.05) is 12.1 Å². The molecule has 34 heavy (non-hydrogen) atoms. The molecule has 3 aromatic rings. The van der Waals surface area contributed by atoms with E-state index >= 15 is 0 Å². The number of nitrogens with one attached hydrogen (secondary N) is 1. The molecular formula is C25H21N3O5S. The van der Waals surface area contributed by atoms with E-state index in [1.807, 2.05) is 42.5 Å². The molecule has 4 rings (SSSR count). The first-order valence-corrected chi connectivity index (χ1v) is 11.3. The number of benzene rings is 3. The third kappa shape index (κ3) is 5.26. The van der Waals surface area contributed by atoms with Crippen LogP contribution in [0.1, 0.15) is 22.1 Å². The first-order valence-electron chi connectivity index (χ1n) is 10.4. The van der Waals surface area contributed by atoms with Crippen LogP contribution in [0.4, 0.5) is 5.69 Å². The van der Waals surface area contributed by atoms with Gasteiger partial charge in [-0.2, -0.15) is 0 Å². The van der Waals surface area contributed by atoms with Crippen molar-refractivity contribution >= 4 is 35.3 Å². The van der Waals surface area contributed by atoms with Crippen molar-refractivity contribution in [2.75, 3.05) is 7.11 Å². The fraction of sp³-hybridized carbons (Fsp3) is 0.120. The number of non-ortho nitro benzene ring substituents is 1. The minimum atomic E-state index is -0.484. The van der Waals surface area contributed by atoms with E-state index in [1.54, 1.807) is 37.5 Å². The van der Waals surface area contributed by atoms with Gasteiger partial charge in [0.1, 0.15) is 11.1 Å². The van der Waals surface area contributed by atoms with Crippen LogP contribution in [0, 0.1) is 10.1 Å². The smallest absolute Gasteiger partial charge is 0.280 e. The van der Waals surface area contributed by atoms with Crippen LogP contribution in [0.3, 0.4) is 0 Å². The van der Waals surface area contributed by atoms with Crippen molar-refractivity contribution in [2.24, 2.45) is 0 Å². The van der Waals surface area contributed by atoms with Crippen LogP contribution in [0.15, 0.2) is 83.8 Å². The zero-order valence-electron chi connectivity index (χ0n) is 18.2. The van der Waals surface area contributed by atoms with Gasteiger partial charge < -0.3 is 4.74 Å². The Balaban J connectivity index is 1.60. The predicted molar refractivity (Wildman–Crippen MR) is 130 cm³/mol. The first kappa shape index (κ1) is 23.1. The molecule has 0 unspecified atom stereocenters. The molecule has 0 saturated carbocycles. The number of thioether (sulfide) groups is 1. The van der Waals surface area contributed by atoms with Gasteiger partial charge in [0.25, 0.3) is 11.6 Å². The third-order valence-electron chi connectivity index (χ3n) is 5.16. The van der Waals surface area contributed by atoms with E-state index in [0.29, 0.717) is 16.2 Å². The minimum absolute atomic E-state index is 0.0292. The van der Waals surface area contributed by atoms with Crippen molar-refractivity contribution in [3.8, 4) is 5.75 Å². The zero-order chi connectivity index (χ0) is 24.1. The molecule has 1 atom stereocenters. The summed E-state index contributed by atoms with van der Waals surface area (Å²) in [4.78, 5) is 36.9. The topological polar surface area (TPSA) is 102 Å². The Hall–Kier alpha value is -4.11. The number of methoxy groups -OCH3 is 1. The highest BCUT2D eigenvalue weighted by molar-refractivity contribution is 8.04. The number of nitro benzene ring substituents is 1. The number of carbonyl (C=O) groups is 2. The summed E-state index contributed by atoms with van der Waals surface area (Å²) in [6, 6.07) is 22.5. The number of ether oxygens (including phenoxy) is 1. The van der Waals surface area contributed by atoms with Gasteiger partial charge in [0.15, 0.2) is 0 Å². The van der Waals surface area contributed by atoms with Gasteiger partial charge in [0.05, 0.1) is 23.4 Å². The van der Waals surface area contributed by atoms with E-state index in [2.05, 4.69) is 5.43 Å². The average molecular weight is 476 g/mol. The lowest BCUT2D eigenvalue weighted by Crippen LogP contribution is -2.44. The van der Waals surface area contributed by atoms with Crippen molar-refractivity contribution in [1.82, 2.24) is 10.4 Å². The Labute approximate surface area is 200 Å². The Kier molecular flexibility index (Phi) is 6.93. The molecule has 8 nitrogen and oxygen atoms in total. The molecule has 0 spiro atoms. The predicted octanol–water partition coefficient (Wildman–Crippen LogP) is 4.49. The second-order valence-corrected chi connectivity index (χ2v) is 8.60. The summed E-state index contributed by atoms with van der Waals surface area (Å²) in [7, 11) is 1.57. The van der Waals surface area contributed by atoms with Gasteiger partial charge >= 0.3 is 0 Å². The maximum Gasteiger partial charge on any atom is 0.280 e. The molecule has 2 amide bonds. The molecule has 0 aliphatic carbocycles. The van der Waals surface area contributed by atoms with Crippen LogP contribution in [0.25, 0.3) is 6.08 Å². The lowest BCUT2D eigenvalue weighted by molar-refractivity contribution is -0.384. The quantitative estimate of drug-likeness (QED) is 0.307. The van der Waals surface area contributed by atoms with Crippen LogP contribution in [-0.4, -0.2) is 28.9 Å². The summed E-state index contributed by atoms with van der Waals surface area (Å²) in [5.41, 5.74) is 5.02. The Morgan fingerprint density at radius 3 is 2.38 bits per heavy atom. The number of rotatable bonds is 7. The van der Waals surface area contributed by atoms with E-state index in [4.69, 9.17) is 4.74 Å². The van der Waals surface area contributed by atoms with E-state index in [-0.39, 0.29) is 23.9 Å². The average Bonchev–Trinajstić information content (AvgIpc) is 3.15. The van der Waals surface area contributed by atoms with Crippen LogP contribution in [0.2, 0.25) is 0 Å². The summed E-state index contributed by atoms with van der Waals surface area (Å²) < 4.78 is 5.22. The van der Waals surface area contributed by atoms with Crippen molar-refractivity contribution in [3.05, 3.63) is 111 Å². The summed E-state index contributed by atoms with van der Waals surface area (Å²) in [5, 5.41) is 11.8. The van der Waals surface area contributed by atoms with Gasteiger partial charge in [-0.05, 0) is 47.0 Å². The van der Waals surface area contributed by atoms with Gasteiger partial charge in [-0.1, -0.05) is 54.2 Å². The van der Waals surface area contributed by atoms with Crippen LogP contribution in [-0.2, 0) is 16.0 Å². The maximum absolute atomic E-state index is 13.3. The number of amides is 2. The molecule has 1 aliphatic heterocycles. The lowest BCUT2D eigenvalue weighted by Gasteiger charge is -2.24. The summed E-state index contributed by atoms with van der Waals surface area (Å²) in [6.45, 7) is 0. The Bertz CT molecular complexity index is 1230. The number of nitro groups is 1. The molecule has 0 bridgehead atoms. The highest BCUT2D eigenvalue weighted by Crippen LogP contribution is 2.45. The molecule has 1 N–H and O–H groups in total. The molecule has 1 fully saturated rings. The monoisotopic (exact) mass is 475 g/mol. The van der Waals surface area contributed by atoms with Crippen LogP contribution >= 0.6 is 11.8 Å². The van der Waals surface area contributed by atoms with Crippen molar-refractivity contribution in [1.29, 1.82) is 0 Å². The third-order valence-corrected chi connectivity index (χ3v) is 6.41. The van der Waals surface area contributed by atoms with Crippen molar-refractivity contribution in [2.45, 2.75) is 11.8 Å². The fourth-order valence-electron chi connectivity index (χ4n) is 3.44. The first-order chi connectivity index (χ1) is 16.4. The summed E-state index contributed by atoms with van der Waals surface area (Å²) in [5.74, 6) is 0.0141.